The number of carbonyl (C=O) groups excluding carboxylic acids is 1. The zero-order valence-electron chi connectivity index (χ0n) is 17.0. The molecule has 6 nitrogen and oxygen atoms in total. The molecule has 3 heterocycles. The van der Waals surface area contributed by atoms with Crippen LogP contribution >= 0.6 is 0 Å². The molecule has 0 spiro atoms. The van der Waals surface area contributed by atoms with Gasteiger partial charge in [0.25, 0.3) is 5.91 Å². The molecule has 30 heavy (non-hydrogen) atoms. The molecule has 0 radical (unpaired) electrons. The third-order valence-corrected chi connectivity index (χ3v) is 6.02. The monoisotopic (exact) mass is 403 g/mol. The minimum Gasteiger partial charge on any atom is -0.454 e. The van der Waals surface area contributed by atoms with Crippen molar-refractivity contribution in [1.29, 1.82) is 0 Å². The summed E-state index contributed by atoms with van der Waals surface area (Å²) in [4.78, 5) is 15.3. The van der Waals surface area contributed by atoms with Crippen LogP contribution in [0.15, 0.2) is 60.8 Å². The van der Waals surface area contributed by atoms with Crippen LogP contribution in [0.4, 0.5) is 0 Å². The van der Waals surface area contributed by atoms with E-state index in [-0.39, 0.29) is 18.7 Å². The number of aryl methyl sites for hydroxylation is 1. The molecule has 1 atom stereocenters. The molecule has 1 amide bonds. The highest BCUT2D eigenvalue weighted by molar-refractivity contribution is 5.95. The molecule has 0 aliphatic carbocycles. The van der Waals surface area contributed by atoms with Crippen molar-refractivity contribution in [2.24, 2.45) is 7.05 Å². The highest BCUT2D eigenvalue weighted by Gasteiger charge is 2.27. The normalized spacial score (nSPS) is 16.2. The van der Waals surface area contributed by atoms with Gasteiger partial charge < -0.3 is 19.4 Å². The molecule has 1 unspecified atom stereocenters. The Kier molecular flexibility index (Phi) is 4.93. The highest BCUT2D eigenvalue weighted by Crippen LogP contribution is 2.32. The number of fused-ring (bicyclic) bond motifs is 2. The zero-order chi connectivity index (χ0) is 20.5. The van der Waals surface area contributed by atoms with Gasteiger partial charge in [0.1, 0.15) is 0 Å². The van der Waals surface area contributed by atoms with Crippen LogP contribution < -0.4 is 14.8 Å². The van der Waals surface area contributed by atoms with E-state index in [1.807, 2.05) is 0 Å². The lowest BCUT2D eigenvalue weighted by Gasteiger charge is -2.36. The van der Waals surface area contributed by atoms with Crippen molar-refractivity contribution in [2.75, 3.05) is 19.9 Å². The number of nitrogens with zero attached hydrogens (tertiary/aromatic N) is 2. The van der Waals surface area contributed by atoms with E-state index in [9.17, 15) is 4.79 Å². The van der Waals surface area contributed by atoms with E-state index >= 15 is 0 Å². The lowest BCUT2D eigenvalue weighted by Crippen LogP contribution is -2.41. The maximum atomic E-state index is 12.9. The van der Waals surface area contributed by atoms with Crippen LogP contribution in [0, 0.1) is 0 Å². The van der Waals surface area contributed by atoms with Crippen molar-refractivity contribution in [1.82, 2.24) is 14.8 Å². The maximum absolute atomic E-state index is 12.9. The van der Waals surface area contributed by atoms with Crippen LogP contribution in [0.3, 0.4) is 0 Å². The topological polar surface area (TPSA) is 55.7 Å². The molecular weight excluding hydrogens is 378 g/mol. The summed E-state index contributed by atoms with van der Waals surface area (Å²) in [5.41, 5.74) is 4.56. The Morgan fingerprint density at radius 1 is 1.07 bits per heavy atom. The van der Waals surface area contributed by atoms with Gasteiger partial charge in [-0.15, -0.1) is 0 Å². The van der Waals surface area contributed by atoms with Crippen molar-refractivity contribution in [3.8, 4) is 11.5 Å². The first-order chi connectivity index (χ1) is 14.7. The Morgan fingerprint density at radius 2 is 1.90 bits per heavy atom. The molecule has 1 N–H and O–H groups in total. The number of carbonyl (C=O) groups is 1. The number of rotatable bonds is 5. The number of hydrogen-bond donors (Lipinski definition) is 1. The van der Waals surface area contributed by atoms with Gasteiger partial charge >= 0.3 is 0 Å². The smallest absolute Gasteiger partial charge is 0.251 e. The van der Waals surface area contributed by atoms with Gasteiger partial charge in [0.05, 0.1) is 6.04 Å². The molecule has 2 aliphatic heterocycles. The fourth-order valence-corrected chi connectivity index (χ4v) is 4.35. The molecule has 2 aromatic carbocycles. The van der Waals surface area contributed by atoms with Crippen LogP contribution in [-0.4, -0.2) is 35.3 Å². The zero-order valence-corrected chi connectivity index (χ0v) is 17.0. The Balaban J connectivity index is 1.34. The third-order valence-electron chi connectivity index (χ3n) is 6.02. The van der Waals surface area contributed by atoms with Gasteiger partial charge in [0.2, 0.25) is 6.79 Å². The Bertz CT molecular complexity index is 1080. The second-order valence-electron chi connectivity index (χ2n) is 7.83. The summed E-state index contributed by atoms with van der Waals surface area (Å²) in [6, 6.07) is 18.2. The summed E-state index contributed by atoms with van der Waals surface area (Å²) in [7, 11) is 2.06. The van der Waals surface area contributed by atoms with Crippen molar-refractivity contribution in [3.05, 3.63) is 83.2 Å². The average Bonchev–Trinajstić information content (AvgIpc) is 3.42. The minimum absolute atomic E-state index is 0.0938. The predicted octanol–water partition coefficient (Wildman–Crippen LogP) is 3.28. The quantitative estimate of drug-likeness (QED) is 0.710. The molecule has 6 heteroatoms. The van der Waals surface area contributed by atoms with Crippen molar-refractivity contribution in [2.45, 2.75) is 19.0 Å². The van der Waals surface area contributed by atoms with E-state index in [4.69, 9.17) is 9.47 Å². The predicted molar refractivity (Wildman–Crippen MR) is 114 cm³/mol. The van der Waals surface area contributed by atoms with Crippen molar-refractivity contribution in [3.63, 3.8) is 0 Å². The van der Waals surface area contributed by atoms with Crippen LogP contribution in [0.25, 0.3) is 0 Å². The largest absolute Gasteiger partial charge is 0.454 e. The first-order valence-electron chi connectivity index (χ1n) is 10.3. The number of hydrogen-bond acceptors (Lipinski definition) is 4. The fourth-order valence-electron chi connectivity index (χ4n) is 4.35. The van der Waals surface area contributed by atoms with E-state index in [1.54, 1.807) is 18.2 Å². The molecule has 3 aromatic rings. The van der Waals surface area contributed by atoms with E-state index in [0.29, 0.717) is 23.6 Å². The number of aromatic nitrogens is 1. The number of benzene rings is 2. The van der Waals surface area contributed by atoms with Gasteiger partial charge in [-0.25, -0.2) is 0 Å². The Labute approximate surface area is 176 Å². The molecule has 0 saturated heterocycles. The molecular formula is C24H25N3O3. The lowest BCUT2D eigenvalue weighted by atomic mass is 9.97. The van der Waals surface area contributed by atoms with Gasteiger partial charge in [0.15, 0.2) is 11.5 Å². The van der Waals surface area contributed by atoms with E-state index in [1.165, 1.54) is 16.8 Å². The molecule has 5 rings (SSSR count). The lowest BCUT2D eigenvalue weighted by molar-refractivity contribution is 0.0925. The molecule has 0 saturated carbocycles. The van der Waals surface area contributed by atoms with Gasteiger partial charge in [-0.3, -0.25) is 9.69 Å². The average molecular weight is 403 g/mol. The fraction of sp³-hybridized carbons (Fsp3) is 0.292. The first-order valence-corrected chi connectivity index (χ1v) is 10.3. The SMILES string of the molecule is Cn1cccc1C(CNC(=O)c1ccc2c(c1)OCO2)N1CCc2ccccc2C1. The number of ether oxygens (including phenoxy) is 2. The van der Waals surface area contributed by atoms with Crippen LogP contribution in [0.2, 0.25) is 0 Å². The number of nitrogens with one attached hydrogen (secondary N) is 1. The minimum atomic E-state index is -0.107. The van der Waals surface area contributed by atoms with E-state index in [2.05, 4.69) is 64.4 Å². The van der Waals surface area contributed by atoms with Crippen LogP contribution in [0.5, 0.6) is 11.5 Å². The maximum Gasteiger partial charge on any atom is 0.251 e. The van der Waals surface area contributed by atoms with Crippen molar-refractivity contribution < 1.29 is 14.3 Å². The van der Waals surface area contributed by atoms with Crippen molar-refractivity contribution >= 4 is 5.91 Å². The molecule has 154 valence electrons. The van der Waals surface area contributed by atoms with Gasteiger partial charge in [0, 0.05) is 44.1 Å². The molecule has 2 aliphatic rings. The van der Waals surface area contributed by atoms with Crippen LogP contribution in [0.1, 0.15) is 33.2 Å². The Morgan fingerprint density at radius 3 is 2.73 bits per heavy atom. The second-order valence-corrected chi connectivity index (χ2v) is 7.83. The molecule has 0 bridgehead atoms. The second kappa shape index (κ2) is 7.88. The first kappa shape index (κ1) is 18.8. The number of amides is 1. The van der Waals surface area contributed by atoms with Crippen LogP contribution in [-0.2, 0) is 20.0 Å². The summed E-state index contributed by atoms with van der Waals surface area (Å²) >= 11 is 0. The summed E-state index contributed by atoms with van der Waals surface area (Å²) in [6.07, 6.45) is 3.08. The molecule has 1 aromatic heterocycles. The third kappa shape index (κ3) is 3.55. The Hall–Kier alpha value is -3.25. The van der Waals surface area contributed by atoms with E-state index < -0.39 is 0 Å². The van der Waals surface area contributed by atoms with Gasteiger partial charge in [-0.2, -0.15) is 0 Å². The van der Waals surface area contributed by atoms with E-state index in [0.717, 1.165) is 19.5 Å². The summed E-state index contributed by atoms with van der Waals surface area (Å²) in [6.45, 7) is 2.58. The molecule has 0 fully saturated rings. The van der Waals surface area contributed by atoms with Gasteiger partial charge in [-0.1, -0.05) is 24.3 Å². The summed E-state index contributed by atoms with van der Waals surface area (Å²) in [5.74, 6) is 1.19. The van der Waals surface area contributed by atoms with Gasteiger partial charge in [-0.05, 0) is 47.9 Å². The summed E-state index contributed by atoms with van der Waals surface area (Å²) < 4.78 is 12.9. The standard InChI is InChI=1S/C24H25N3O3/c1-26-11-4-7-20(26)21(27-12-10-17-5-2-3-6-19(17)15-27)14-25-24(28)18-8-9-22-23(13-18)30-16-29-22/h2-9,11,13,21H,10,12,14-16H2,1H3,(H,25,28). The summed E-state index contributed by atoms with van der Waals surface area (Å²) in [5, 5.41) is 3.14. The highest BCUT2D eigenvalue weighted by atomic mass is 16.7.